The predicted octanol–water partition coefficient (Wildman–Crippen LogP) is -1.92. The van der Waals surface area contributed by atoms with Crippen LogP contribution in [0.15, 0.2) is 0 Å². The van der Waals surface area contributed by atoms with Crippen LogP contribution >= 0.6 is 18.6 Å². The Morgan fingerprint density at radius 1 is 1.00 bits per heavy atom. The fourth-order valence-electron chi connectivity index (χ4n) is 3.31. The van der Waals surface area contributed by atoms with Crippen LogP contribution in [-0.4, -0.2) is 64.9 Å². The number of rotatable bonds is 4. The number of nitrogens with one attached hydrogen (secondary N) is 2. The van der Waals surface area contributed by atoms with Gasteiger partial charge in [0.25, 0.3) is 0 Å². The van der Waals surface area contributed by atoms with Gasteiger partial charge in [0.15, 0.2) is 0 Å². The Morgan fingerprint density at radius 3 is 2.26 bits per heavy atom. The molecule has 0 aliphatic carbocycles. The van der Waals surface area contributed by atoms with E-state index in [9.17, 15) is 0 Å². The summed E-state index contributed by atoms with van der Waals surface area (Å²) in [7, 11) is 0. The quantitative estimate of drug-likeness (QED) is 0.354. The molecular weight excluding hydrogens is 466 g/mol. The van der Waals surface area contributed by atoms with E-state index in [0.29, 0.717) is 24.2 Å². The summed E-state index contributed by atoms with van der Waals surface area (Å²) >= 11 is 2.82. The maximum atomic E-state index is 3.77. The Labute approximate surface area is 138 Å². The summed E-state index contributed by atoms with van der Waals surface area (Å²) in [6, 6.07) is 2.63. The Bertz CT molecular complexity index is 269. The van der Waals surface area contributed by atoms with Crippen LogP contribution in [0.25, 0.3) is 0 Å². The molecule has 2 N–H and O–H groups in total. The molecule has 6 heteroatoms. The molecule has 114 valence electrons. The van der Waals surface area contributed by atoms with Gasteiger partial charge in [-0.3, -0.25) is 0 Å². The summed E-state index contributed by atoms with van der Waals surface area (Å²) in [6.07, 6.45) is 1.29. The molecule has 0 radical (unpaired) electrons. The van der Waals surface area contributed by atoms with E-state index >= 15 is 0 Å². The predicted molar refractivity (Wildman–Crippen MR) is 85.1 cm³/mol. The molecule has 2 rings (SSSR count). The summed E-state index contributed by atoms with van der Waals surface area (Å²) in [5, 5.41) is 7.38. The van der Waals surface area contributed by atoms with E-state index in [4.69, 9.17) is 0 Å². The van der Waals surface area contributed by atoms with Crippen molar-refractivity contribution < 1.29 is 17.5 Å². The number of hydrogen-bond donors (Lipinski definition) is 2. The fraction of sp³-hybridized carbons (Fsp3) is 1.00. The van der Waals surface area contributed by atoms with Gasteiger partial charge in [0.05, 0.1) is 0 Å². The van der Waals surface area contributed by atoms with E-state index in [0.717, 1.165) is 0 Å². The second-order valence-electron chi connectivity index (χ2n) is 6.17. The molecule has 0 saturated carbocycles. The van der Waals surface area contributed by atoms with Crippen molar-refractivity contribution >= 4 is 18.6 Å². The molecule has 0 bridgehead atoms. The molecule has 0 aromatic heterocycles. The van der Waals surface area contributed by atoms with E-state index in [-0.39, 0.29) is 17.5 Å². The molecular formula is C13H27I2N4-. The van der Waals surface area contributed by atoms with Gasteiger partial charge >= 0.3 is 139 Å². The molecule has 4 atom stereocenters. The maximum absolute atomic E-state index is 3.77. The standard InChI is InChI=1S/C13H27I2N4/c1-10-6-18(7-11(2)16-10)5-4-13-9-19(15-14)8-12(3)17-13/h10-13,16-17H,4-9H2,1-3H3/q-1/t10?,11?,12-,13+/m0/s1. The SMILES string of the molecule is CC1CN(CC[C@@H]2CN([I-]I)C[C@H](C)N2)CC(C)N1. The first-order valence-electron chi connectivity index (χ1n) is 7.32. The zero-order chi connectivity index (χ0) is 13.8. The molecule has 2 aliphatic rings. The van der Waals surface area contributed by atoms with Gasteiger partial charge in [0, 0.05) is 0 Å². The van der Waals surface area contributed by atoms with Crippen molar-refractivity contribution in [3.63, 3.8) is 0 Å². The van der Waals surface area contributed by atoms with Gasteiger partial charge < -0.3 is 0 Å². The van der Waals surface area contributed by atoms with Gasteiger partial charge in [-0.25, -0.2) is 0 Å². The van der Waals surface area contributed by atoms with E-state index in [1.54, 1.807) is 0 Å². The van der Waals surface area contributed by atoms with Crippen molar-refractivity contribution in [1.29, 1.82) is 0 Å². The zero-order valence-corrected chi connectivity index (χ0v) is 16.5. The molecule has 0 spiro atoms. The Balaban J connectivity index is 1.75. The monoisotopic (exact) mass is 493 g/mol. The molecule has 2 unspecified atom stereocenters. The van der Waals surface area contributed by atoms with Crippen LogP contribution in [0.5, 0.6) is 0 Å². The van der Waals surface area contributed by atoms with Crippen molar-refractivity contribution in [2.75, 3.05) is 32.7 Å². The van der Waals surface area contributed by atoms with Crippen LogP contribution in [0.3, 0.4) is 0 Å². The number of nitrogens with zero attached hydrogens (tertiary/aromatic N) is 2. The first-order valence-corrected chi connectivity index (χ1v) is 14.6. The molecule has 0 aromatic rings. The van der Waals surface area contributed by atoms with Crippen LogP contribution in [0.4, 0.5) is 0 Å². The molecule has 19 heavy (non-hydrogen) atoms. The summed E-state index contributed by atoms with van der Waals surface area (Å²) in [5.41, 5.74) is 0. The molecule has 2 saturated heterocycles. The summed E-state index contributed by atoms with van der Waals surface area (Å²) in [4.78, 5) is 2.64. The van der Waals surface area contributed by atoms with E-state index in [1.165, 1.54) is 39.1 Å². The average Bonchev–Trinajstić information content (AvgIpc) is 2.34. The van der Waals surface area contributed by atoms with Gasteiger partial charge in [-0.2, -0.15) is 0 Å². The summed E-state index contributed by atoms with van der Waals surface area (Å²) < 4.78 is 2.67. The molecule has 2 aliphatic heterocycles. The van der Waals surface area contributed by atoms with Crippen molar-refractivity contribution in [3.05, 3.63) is 0 Å². The van der Waals surface area contributed by atoms with E-state index in [2.05, 4.69) is 58.0 Å². The fourth-order valence-corrected chi connectivity index (χ4v) is 6.67. The van der Waals surface area contributed by atoms with Crippen molar-refractivity contribution in [2.24, 2.45) is 0 Å². The third-order valence-corrected chi connectivity index (χ3v) is 8.69. The number of piperazine rings is 2. The molecule has 2 heterocycles. The number of halogens is 2. The van der Waals surface area contributed by atoms with Crippen molar-refractivity contribution in [3.8, 4) is 0 Å². The van der Waals surface area contributed by atoms with Gasteiger partial charge in [-0.05, 0) is 0 Å². The molecule has 4 nitrogen and oxygen atoms in total. The van der Waals surface area contributed by atoms with E-state index in [1.807, 2.05) is 0 Å². The minimum absolute atomic E-state index is 0.230. The van der Waals surface area contributed by atoms with E-state index < -0.39 is 0 Å². The van der Waals surface area contributed by atoms with Crippen molar-refractivity contribution in [1.82, 2.24) is 18.6 Å². The second kappa shape index (κ2) is 8.07. The Kier molecular flexibility index (Phi) is 7.08. The molecule has 2 fully saturated rings. The third-order valence-electron chi connectivity index (χ3n) is 3.93. The summed E-state index contributed by atoms with van der Waals surface area (Å²) in [5.74, 6) is 0. The van der Waals surface area contributed by atoms with Gasteiger partial charge in [-0.15, -0.1) is 0 Å². The third kappa shape index (κ3) is 5.54. The molecule has 0 amide bonds. The van der Waals surface area contributed by atoms with Crippen LogP contribution < -0.4 is 28.1 Å². The van der Waals surface area contributed by atoms with Crippen LogP contribution in [0.2, 0.25) is 0 Å². The topological polar surface area (TPSA) is 30.5 Å². The van der Waals surface area contributed by atoms with Crippen molar-refractivity contribution in [2.45, 2.75) is 51.4 Å². The second-order valence-corrected chi connectivity index (χ2v) is 10.3. The minimum atomic E-state index is 0.230. The van der Waals surface area contributed by atoms with Gasteiger partial charge in [0.2, 0.25) is 0 Å². The Morgan fingerprint density at radius 2 is 1.63 bits per heavy atom. The van der Waals surface area contributed by atoms with Crippen LogP contribution in [0.1, 0.15) is 27.2 Å². The summed E-state index contributed by atoms with van der Waals surface area (Å²) in [6.45, 7) is 13.1. The first-order chi connectivity index (χ1) is 9.06. The average molecular weight is 493 g/mol. The van der Waals surface area contributed by atoms with Gasteiger partial charge in [0.1, 0.15) is 0 Å². The number of hydrogen-bond acceptors (Lipinski definition) is 4. The van der Waals surface area contributed by atoms with Gasteiger partial charge in [-0.1, -0.05) is 0 Å². The molecule has 0 aromatic carbocycles. The zero-order valence-electron chi connectivity index (χ0n) is 12.2. The van der Waals surface area contributed by atoms with Crippen LogP contribution in [0, 0.1) is 0 Å². The normalized spacial score (nSPS) is 38.7. The first kappa shape index (κ1) is 16.7. The Hall–Kier alpha value is 1.30. The van der Waals surface area contributed by atoms with Crippen LogP contribution in [-0.2, 0) is 0 Å².